The largest absolute Gasteiger partial charge is 0.369 e. The van der Waals surface area contributed by atoms with Crippen LogP contribution in [0.1, 0.15) is 26.0 Å². The van der Waals surface area contributed by atoms with Crippen LogP contribution in [-0.2, 0) is 6.54 Å². The fourth-order valence-corrected chi connectivity index (χ4v) is 2.62. The molecule has 4 nitrogen and oxygen atoms in total. The molecule has 1 saturated heterocycles. The lowest BCUT2D eigenvalue weighted by Gasteiger charge is -2.39. The van der Waals surface area contributed by atoms with Crippen molar-refractivity contribution in [2.24, 2.45) is 0 Å². The summed E-state index contributed by atoms with van der Waals surface area (Å²) in [5, 5.41) is 3.15. The molecule has 1 N–H and O–H groups in total. The van der Waals surface area contributed by atoms with Gasteiger partial charge in [0.1, 0.15) is 0 Å². The van der Waals surface area contributed by atoms with Crippen LogP contribution in [-0.4, -0.2) is 49.2 Å². The number of pyridine rings is 1. The summed E-state index contributed by atoms with van der Waals surface area (Å²) in [7, 11) is 1.96. The molecule has 1 aliphatic rings. The molecule has 0 radical (unpaired) electrons. The maximum Gasteiger partial charge on any atom is 0.0562 e. The van der Waals surface area contributed by atoms with Gasteiger partial charge in [-0.05, 0) is 32.5 Å². The van der Waals surface area contributed by atoms with Gasteiger partial charge in [0, 0.05) is 50.6 Å². The molecular formula is C15H26N4. The molecule has 1 aromatic heterocycles. The quantitative estimate of drug-likeness (QED) is 0.875. The van der Waals surface area contributed by atoms with Crippen molar-refractivity contribution >= 4 is 5.69 Å². The summed E-state index contributed by atoms with van der Waals surface area (Å²) in [4.78, 5) is 9.44. The van der Waals surface area contributed by atoms with Crippen LogP contribution in [0.15, 0.2) is 18.3 Å². The Hall–Kier alpha value is -1.13. The summed E-state index contributed by atoms with van der Waals surface area (Å²) in [5.74, 6) is 0. The van der Waals surface area contributed by atoms with Gasteiger partial charge in [-0.25, -0.2) is 0 Å². The van der Waals surface area contributed by atoms with Crippen LogP contribution in [0.3, 0.4) is 0 Å². The van der Waals surface area contributed by atoms with Crippen molar-refractivity contribution in [3.05, 3.63) is 24.0 Å². The zero-order valence-electron chi connectivity index (χ0n) is 12.4. The van der Waals surface area contributed by atoms with Gasteiger partial charge in [0.2, 0.25) is 0 Å². The van der Waals surface area contributed by atoms with E-state index < -0.39 is 0 Å². The predicted molar refractivity (Wildman–Crippen MR) is 80.5 cm³/mol. The van der Waals surface area contributed by atoms with E-state index in [2.05, 4.69) is 46.1 Å². The molecule has 1 aromatic rings. The Morgan fingerprint density at radius 2 is 2.05 bits per heavy atom. The number of aromatic nitrogens is 1. The molecule has 1 fully saturated rings. The van der Waals surface area contributed by atoms with Gasteiger partial charge in [-0.2, -0.15) is 0 Å². The van der Waals surface area contributed by atoms with Gasteiger partial charge in [-0.3, -0.25) is 9.88 Å². The first kappa shape index (κ1) is 14.3. The van der Waals surface area contributed by atoms with Crippen molar-refractivity contribution < 1.29 is 0 Å². The van der Waals surface area contributed by atoms with Crippen molar-refractivity contribution in [1.82, 2.24) is 15.2 Å². The van der Waals surface area contributed by atoms with E-state index >= 15 is 0 Å². The maximum absolute atomic E-state index is 4.38. The monoisotopic (exact) mass is 262 g/mol. The Kier molecular flexibility index (Phi) is 5.16. The fraction of sp³-hybridized carbons (Fsp3) is 0.667. The Bertz CT molecular complexity index is 385. The molecule has 0 aromatic carbocycles. The molecule has 1 atom stereocenters. The standard InChI is InChI=1S/C15H26N4/c1-4-13(2)18-7-9-19(10-8-18)15-5-6-17-14(11-15)12-16-3/h5-6,11,13,16H,4,7-10,12H2,1-3H3. The molecule has 19 heavy (non-hydrogen) atoms. The van der Waals surface area contributed by atoms with Gasteiger partial charge in [0.25, 0.3) is 0 Å². The van der Waals surface area contributed by atoms with Crippen LogP contribution in [0.5, 0.6) is 0 Å². The van der Waals surface area contributed by atoms with Gasteiger partial charge in [0.05, 0.1) is 5.69 Å². The lowest BCUT2D eigenvalue weighted by Crippen LogP contribution is -2.49. The highest BCUT2D eigenvalue weighted by atomic mass is 15.3. The molecule has 0 spiro atoms. The number of rotatable bonds is 5. The van der Waals surface area contributed by atoms with Crippen molar-refractivity contribution in [3.8, 4) is 0 Å². The van der Waals surface area contributed by atoms with Crippen LogP contribution in [0.2, 0.25) is 0 Å². The number of nitrogens with one attached hydrogen (secondary N) is 1. The Labute approximate surface area is 116 Å². The van der Waals surface area contributed by atoms with E-state index in [1.165, 1.54) is 25.2 Å². The zero-order valence-corrected chi connectivity index (χ0v) is 12.4. The van der Waals surface area contributed by atoms with Gasteiger partial charge >= 0.3 is 0 Å². The second-order valence-electron chi connectivity index (χ2n) is 5.32. The van der Waals surface area contributed by atoms with Crippen LogP contribution < -0.4 is 10.2 Å². The molecule has 1 unspecified atom stereocenters. The maximum atomic E-state index is 4.38. The van der Waals surface area contributed by atoms with Crippen LogP contribution >= 0.6 is 0 Å². The molecule has 106 valence electrons. The highest BCUT2D eigenvalue weighted by Crippen LogP contribution is 2.18. The highest BCUT2D eigenvalue weighted by molar-refractivity contribution is 5.47. The van der Waals surface area contributed by atoms with Gasteiger partial charge in [0.15, 0.2) is 0 Å². The summed E-state index contributed by atoms with van der Waals surface area (Å²) < 4.78 is 0. The minimum atomic E-state index is 0.708. The summed E-state index contributed by atoms with van der Waals surface area (Å²) in [6.45, 7) is 10.00. The van der Waals surface area contributed by atoms with Gasteiger partial charge in [-0.1, -0.05) is 6.92 Å². The topological polar surface area (TPSA) is 31.4 Å². The molecular weight excluding hydrogens is 236 g/mol. The van der Waals surface area contributed by atoms with E-state index in [0.29, 0.717) is 6.04 Å². The first-order chi connectivity index (χ1) is 9.24. The highest BCUT2D eigenvalue weighted by Gasteiger charge is 2.20. The van der Waals surface area contributed by atoms with E-state index in [9.17, 15) is 0 Å². The van der Waals surface area contributed by atoms with Gasteiger partial charge < -0.3 is 10.2 Å². The second kappa shape index (κ2) is 6.87. The van der Waals surface area contributed by atoms with Crippen molar-refractivity contribution in [1.29, 1.82) is 0 Å². The molecule has 1 aliphatic heterocycles. The zero-order chi connectivity index (χ0) is 13.7. The van der Waals surface area contributed by atoms with E-state index in [4.69, 9.17) is 0 Å². The second-order valence-corrected chi connectivity index (χ2v) is 5.32. The fourth-order valence-electron chi connectivity index (χ4n) is 2.62. The van der Waals surface area contributed by atoms with Gasteiger partial charge in [-0.15, -0.1) is 0 Å². The van der Waals surface area contributed by atoms with E-state index in [1.54, 1.807) is 0 Å². The van der Waals surface area contributed by atoms with Crippen LogP contribution in [0, 0.1) is 0 Å². The Balaban J connectivity index is 1.95. The number of hydrogen-bond donors (Lipinski definition) is 1. The third-order valence-corrected chi connectivity index (χ3v) is 4.05. The summed E-state index contributed by atoms with van der Waals surface area (Å²) in [6.07, 6.45) is 3.16. The van der Waals surface area contributed by atoms with Crippen LogP contribution in [0.4, 0.5) is 5.69 Å². The smallest absolute Gasteiger partial charge is 0.0562 e. The van der Waals surface area contributed by atoms with Crippen molar-refractivity contribution in [2.75, 3.05) is 38.1 Å². The SMILES string of the molecule is CCC(C)N1CCN(c2ccnc(CNC)c2)CC1. The molecule has 2 heterocycles. The van der Waals surface area contributed by atoms with Crippen molar-refractivity contribution in [3.63, 3.8) is 0 Å². The first-order valence-electron chi connectivity index (χ1n) is 7.33. The average molecular weight is 262 g/mol. The first-order valence-corrected chi connectivity index (χ1v) is 7.33. The van der Waals surface area contributed by atoms with E-state index in [1.807, 2.05) is 13.2 Å². The summed E-state index contributed by atoms with van der Waals surface area (Å²) >= 11 is 0. The minimum absolute atomic E-state index is 0.708. The molecule has 2 rings (SSSR count). The minimum Gasteiger partial charge on any atom is -0.369 e. The third kappa shape index (κ3) is 3.67. The number of hydrogen-bond acceptors (Lipinski definition) is 4. The number of anilines is 1. The predicted octanol–water partition coefficient (Wildman–Crippen LogP) is 1.72. The molecule has 0 aliphatic carbocycles. The van der Waals surface area contributed by atoms with E-state index in [-0.39, 0.29) is 0 Å². The third-order valence-electron chi connectivity index (χ3n) is 4.05. The van der Waals surface area contributed by atoms with Crippen molar-refractivity contribution in [2.45, 2.75) is 32.9 Å². The van der Waals surface area contributed by atoms with Crippen LogP contribution in [0.25, 0.3) is 0 Å². The summed E-state index contributed by atoms with van der Waals surface area (Å²) in [6, 6.07) is 5.03. The summed E-state index contributed by atoms with van der Waals surface area (Å²) in [5.41, 5.74) is 2.42. The van der Waals surface area contributed by atoms with E-state index in [0.717, 1.165) is 25.3 Å². The lowest BCUT2D eigenvalue weighted by atomic mass is 10.2. The number of piperazine rings is 1. The Morgan fingerprint density at radius 3 is 2.68 bits per heavy atom. The normalized spacial score (nSPS) is 18.6. The lowest BCUT2D eigenvalue weighted by molar-refractivity contribution is 0.193. The molecule has 4 heteroatoms. The number of nitrogens with zero attached hydrogens (tertiary/aromatic N) is 3. The average Bonchev–Trinajstić information content (AvgIpc) is 2.47. The Morgan fingerprint density at radius 1 is 1.32 bits per heavy atom. The molecule has 0 saturated carbocycles. The molecule has 0 amide bonds. The molecule has 0 bridgehead atoms.